The number of nitrogens with zero attached hydrogens (tertiary/aromatic N) is 2. The van der Waals surface area contributed by atoms with Gasteiger partial charge in [0.1, 0.15) is 5.75 Å². The second kappa shape index (κ2) is 10.3. The Kier molecular flexibility index (Phi) is 10.0. The predicted molar refractivity (Wildman–Crippen MR) is 92.7 cm³/mol. The molecule has 1 aromatic rings. The molecule has 0 aliphatic carbocycles. The summed E-state index contributed by atoms with van der Waals surface area (Å²) in [6.45, 7) is 2.82. The zero-order valence-corrected chi connectivity index (χ0v) is 15.7. The minimum Gasteiger partial charge on any atom is -0.405 e. The highest BCUT2D eigenvalue weighted by Crippen LogP contribution is 2.36. The van der Waals surface area contributed by atoms with Crippen LogP contribution in [0.4, 0.5) is 13.2 Å². The second-order valence-electron chi connectivity index (χ2n) is 4.89. The molecule has 10 heteroatoms. The molecule has 0 bridgehead atoms. The molecule has 0 unspecified atom stereocenters. The van der Waals surface area contributed by atoms with Crippen LogP contribution in [0.25, 0.3) is 0 Å². The Bertz CT molecular complexity index is 563. The van der Waals surface area contributed by atoms with E-state index in [9.17, 15) is 13.2 Å². The molecule has 0 amide bonds. The van der Waals surface area contributed by atoms with E-state index in [1.165, 1.54) is 12.1 Å². The highest BCUT2D eigenvalue weighted by molar-refractivity contribution is 9.10. The number of hydrogen-bond acceptors (Lipinski definition) is 4. The van der Waals surface area contributed by atoms with Crippen molar-refractivity contribution in [3.05, 3.63) is 28.2 Å². The summed E-state index contributed by atoms with van der Waals surface area (Å²) in [6.07, 6.45) is -4.66. The van der Waals surface area contributed by atoms with Crippen molar-refractivity contribution >= 4 is 40.7 Å². The van der Waals surface area contributed by atoms with Crippen LogP contribution in [-0.2, 0) is 0 Å². The van der Waals surface area contributed by atoms with Crippen molar-refractivity contribution < 1.29 is 17.9 Å². The van der Waals surface area contributed by atoms with Gasteiger partial charge in [0.15, 0.2) is 0 Å². The molecule has 24 heavy (non-hydrogen) atoms. The molecule has 4 nitrogen and oxygen atoms in total. The molecule has 0 spiro atoms. The highest BCUT2D eigenvalue weighted by atomic mass is 79.9. The fourth-order valence-electron chi connectivity index (χ4n) is 2.51. The van der Waals surface area contributed by atoms with Crippen LogP contribution >= 0.6 is 40.7 Å². The second-order valence-corrected chi connectivity index (χ2v) is 5.81. The van der Waals surface area contributed by atoms with Gasteiger partial charge in [-0.1, -0.05) is 15.9 Å². The minimum absolute atomic E-state index is 0. The van der Waals surface area contributed by atoms with Crippen LogP contribution in [0.5, 0.6) is 5.75 Å². The molecule has 0 radical (unpaired) electrons. The average Bonchev–Trinajstić information content (AvgIpc) is 2.46. The Morgan fingerprint density at radius 3 is 2.46 bits per heavy atom. The first kappa shape index (κ1) is 23.3. The van der Waals surface area contributed by atoms with Crippen molar-refractivity contribution in [3.63, 3.8) is 0 Å². The first-order chi connectivity index (χ1) is 10.4. The lowest BCUT2D eigenvalue weighted by Gasteiger charge is -2.34. The minimum atomic E-state index is -4.76. The molecule has 136 valence electrons. The van der Waals surface area contributed by atoms with Crippen molar-refractivity contribution in [2.45, 2.75) is 18.8 Å². The molecule has 0 aromatic heterocycles. The van der Waals surface area contributed by atoms with Gasteiger partial charge in [-0.25, -0.2) is 0 Å². The first-order valence-electron chi connectivity index (χ1n) is 6.77. The van der Waals surface area contributed by atoms with Crippen molar-refractivity contribution in [3.8, 4) is 11.8 Å². The third-order valence-corrected chi connectivity index (χ3v) is 3.93. The number of hydrogen-bond donors (Lipinski definition) is 1. The normalized spacial score (nSPS) is 16.3. The fraction of sp³-hybridized carbons (Fsp3) is 0.500. The third kappa shape index (κ3) is 6.65. The summed E-state index contributed by atoms with van der Waals surface area (Å²) in [5, 5.41) is 12.2. The SMILES string of the molecule is Cl.Cl.N#CC[C@@H](c1cc(Br)ccc1OC(F)(F)F)N1CCNCC1. The maximum absolute atomic E-state index is 12.6. The monoisotopic (exact) mass is 449 g/mol. The highest BCUT2D eigenvalue weighted by Gasteiger charge is 2.34. The maximum atomic E-state index is 12.6. The van der Waals surface area contributed by atoms with Crippen LogP contribution in [-0.4, -0.2) is 37.4 Å². The van der Waals surface area contributed by atoms with E-state index < -0.39 is 12.4 Å². The Morgan fingerprint density at radius 1 is 1.29 bits per heavy atom. The first-order valence-corrected chi connectivity index (χ1v) is 7.57. The van der Waals surface area contributed by atoms with Crippen molar-refractivity contribution in [1.82, 2.24) is 10.2 Å². The molecular weight excluding hydrogens is 434 g/mol. The van der Waals surface area contributed by atoms with Gasteiger partial charge in [-0.05, 0) is 18.2 Å². The predicted octanol–water partition coefficient (Wildman–Crippen LogP) is 4.05. The molecule has 1 aromatic carbocycles. The Labute approximate surface area is 159 Å². The number of piperazine rings is 1. The number of halogens is 6. The maximum Gasteiger partial charge on any atom is 0.573 e. The number of nitriles is 1. The van der Waals surface area contributed by atoms with E-state index in [4.69, 9.17) is 5.26 Å². The zero-order valence-electron chi connectivity index (χ0n) is 12.5. The number of rotatable bonds is 4. The van der Waals surface area contributed by atoms with Gasteiger partial charge >= 0.3 is 6.36 Å². The molecule has 1 atom stereocenters. The van der Waals surface area contributed by atoms with E-state index in [1.54, 1.807) is 6.07 Å². The van der Waals surface area contributed by atoms with Crippen molar-refractivity contribution in [1.29, 1.82) is 5.26 Å². The molecule has 1 aliphatic rings. The summed E-state index contributed by atoms with van der Waals surface area (Å²) in [4.78, 5) is 2.00. The van der Waals surface area contributed by atoms with E-state index in [0.29, 0.717) is 23.1 Å². The lowest BCUT2D eigenvalue weighted by atomic mass is 10.0. The van der Waals surface area contributed by atoms with Crippen molar-refractivity contribution in [2.75, 3.05) is 26.2 Å². The average molecular weight is 451 g/mol. The van der Waals surface area contributed by atoms with E-state index >= 15 is 0 Å². The molecular formula is C14H17BrCl2F3N3O. The van der Waals surface area contributed by atoms with Gasteiger partial charge in [0, 0.05) is 36.2 Å². The van der Waals surface area contributed by atoms with E-state index in [-0.39, 0.29) is 37.0 Å². The van der Waals surface area contributed by atoms with Crippen LogP contribution in [0.15, 0.2) is 22.7 Å². The van der Waals surface area contributed by atoms with Gasteiger partial charge in [0.2, 0.25) is 0 Å². The van der Waals surface area contributed by atoms with Crippen LogP contribution < -0.4 is 10.1 Å². The molecule has 1 heterocycles. The molecule has 1 N–H and O–H groups in total. The Hall–Kier alpha value is -0.720. The number of benzene rings is 1. The lowest BCUT2D eigenvalue weighted by molar-refractivity contribution is -0.275. The number of alkyl halides is 3. The van der Waals surface area contributed by atoms with Gasteiger partial charge in [-0.15, -0.1) is 38.0 Å². The lowest BCUT2D eigenvalue weighted by Crippen LogP contribution is -2.45. The molecule has 1 aliphatic heterocycles. The van der Waals surface area contributed by atoms with E-state index in [2.05, 4.69) is 32.1 Å². The summed E-state index contributed by atoms with van der Waals surface area (Å²) in [5.74, 6) is -0.255. The molecule has 2 rings (SSSR count). The van der Waals surface area contributed by atoms with E-state index in [1.807, 2.05) is 4.90 Å². The summed E-state index contributed by atoms with van der Waals surface area (Å²) in [6, 6.07) is 5.99. The largest absolute Gasteiger partial charge is 0.573 e. The van der Waals surface area contributed by atoms with Crippen molar-refractivity contribution in [2.24, 2.45) is 0 Å². The summed E-state index contributed by atoms with van der Waals surface area (Å²) in [5.41, 5.74) is 0.371. The van der Waals surface area contributed by atoms with Gasteiger partial charge in [0.25, 0.3) is 0 Å². The zero-order chi connectivity index (χ0) is 16.2. The quantitative estimate of drug-likeness (QED) is 0.751. The summed E-state index contributed by atoms with van der Waals surface area (Å²) in [7, 11) is 0. The van der Waals surface area contributed by atoms with E-state index in [0.717, 1.165) is 13.1 Å². The van der Waals surface area contributed by atoms with Crippen LogP contribution in [0, 0.1) is 11.3 Å². The van der Waals surface area contributed by atoms with Crippen LogP contribution in [0.1, 0.15) is 18.0 Å². The van der Waals surface area contributed by atoms with Crippen LogP contribution in [0.3, 0.4) is 0 Å². The van der Waals surface area contributed by atoms with Gasteiger partial charge in [-0.3, -0.25) is 4.90 Å². The standard InChI is InChI=1S/C14H15BrF3N3O.2ClH/c15-10-1-2-13(22-14(16,17)18)11(9-10)12(3-4-19)21-7-5-20-6-8-21;;/h1-2,9,12,20H,3,5-8H2;2*1H/t12-;;/m0../s1. The topological polar surface area (TPSA) is 48.3 Å². The Balaban J connectivity index is 0.00000264. The molecule has 1 fully saturated rings. The van der Waals surface area contributed by atoms with Gasteiger partial charge < -0.3 is 10.1 Å². The Morgan fingerprint density at radius 2 is 1.92 bits per heavy atom. The molecule has 1 saturated heterocycles. The van der Waals surface area contributed by atoms with Gasteiger partial charge in [-0.2, -0.15) is 5.26 Å². The number of ether oxygens (including phenoxy) is 1. The third-order valence-electron chi connectivity index (χ3n) is 3.43. The number of nitrogens with one attached hydrogen (secondary N) is 1. The summed E-state index contributed by atoms with van der Waals surface area (Å²) < 4.78 is 42.6. The van der Waals surface area contributed by atoms with Gasteiger partial charge in [0.05, 0.1) is 18.5 Å². The summed E-state index contributed by atoms with van der Waals surface area (Å²) >= 11 is 3.27. The molecule has 0 saturated carbocycles. The fourth-order valence-corrected chi connectivity index (χ4v) is 2.89. The smallest absolute Gasteiger partial charge is 0.405 e. The van der Waals surface area contributed by atoms with Crippen LogP contribution in [0.2, 0.25) is 0 Å².